The predicted octanol–water partition coefficient (Wildman–Crippen LogP) is 3.36. The van der Waals surface area contributed by atoms with Gasteiger partial charge in [-0.05, 0) is 30.8 Å². The van der Waals surface area contributed by atoms with E-state index in [1.807, 2.05) is 0 Å². The largest absolute Gasteiger partial charge is 0.495 e. The van der Waals surface area contributed by atoms with Crippen LogP contribution in [0.4, 0.5) is 13.2 Å². The summed E-state index contributed by atoms with van der Waals surface area (Å²) in [5, 5.41) is 9.00. The predicted molar refractivity (Wildman–Crippen MR) is 65.6 cm³/mol. The fourth-order valence-electron chi connectivity index (χ4n) is 1.43. The van der Waals surface area contributed by atoms with E-state index in [1.54, 1.807) is 13.0 Å². The van der Waals surface area contributed by atoms with E-state index in [4.69, 9.17) is 14.7 Å². The van der Waals surface area contributed by atoms with Crippen LogP contribution in [-0.2, 0) is 4.74 Å². The molecule has 0 aromatic heterocycles. The number of ether oxygens (including phenoxy) is 2. The van der Waals surface area contributed by atoms with Gasteiger partial charge in [0, 0.05) is 4.90 Å². The van der Waals surface area contributed by atoms with Gasteiger partial charge in [-0.3, -0.25) is 0 Å². The summed E-state index contributed by atoms with van der Waals surface area (Å²) in [6.07, 6.45) is 0. The van der Waals surface area contributed by atoms with Crippen LogP contribution in [0, 0.1) is 11.3 Å². The van der Waals surface area contributed by atoms with Gasteiger partial charge < -0.3 is 9.47 Å². The molecule has 0 saturated carbocycles. The summed E-state index contributed by atoms with van der Waals surface area (Å²) in [6, 6.07) is 3.75. The number of methoxy groups -OCH3 is 1. The standard InChI is InChI=1S/C12H10F3NO3S/c1-3-19-11(17)8-4-7(20-12(13,14)15)5-10(18-2)9(8)6-16/h4-5H,3H2,1-2H3. The number of alkyl halides is 3. The van der Waals surface area contributed by atoms with Gasteiger partial charge in [-0.25, -0.2) is 4.79 Å². The number of nitrogens with zero attached hydrogens (tertiary/aromatic N) is 1. The number of halogens is 3. The maximum Gasteiger partial charge on any atom is 0.446 e. The van der Waals surface area contributed by atoms with Crippen LogP contribution in [0.3, 0.4) is 0 Å². The van der Waals surface area contributed by atoms with Crippen molar-refractivity contribution >= 4 is 17.7 Å². The lowest BCUT2D eigenvalue weighted by Gasteiger charge is -2.12. The van der Waals surface area contributed by atoms with Crippen LogP contribution in [0.25, 0.3) is 0 Å². The lowest BCUT2D eigenvalue weighted by atomic mass is 10.1. The van der Waals surface area contributed by atoms with E-state index in [0.717, 1.165) is 12.1 Å². The number of hydrogen-bond acceptors (Lipinski definition) is 5. The van der Waals surface area contributed by atoms with Crippen LogP contribution in [0.15, 0.2) is 17.0 Å². The van der Waals surface area contributed by atoms with Gasteiger partial charge in [0.25, 0.3) is 0 Å². The Balaban J connectivity index is 3.35. The van der Waals surface area contributed by atoms with Crippen LogP contribution >= 0.6 is 11.8 Å². The molecule has 0 radical (unpaired) electrons. The number of nitriles is 1. The first-order chi connectivity index (χ1) is 9.32. The molecule has 0 heterocycles. The van der Waals surface area contributed by atoms with E-state index in [9.17, 15) is 18.0 Å². The second kappa shape index (κ2) is 6.52. The third-order valence-electron chi connectivity index (χ3n) is 2.14. The molecule has 0 saturated heterocycles. The second-order valence-corrected chi connectivity index (χ2v) is 4.57. The van der Waals surface area contributed by atoms with Crippen molar-refractivity contribution in [3.05, 3.63) is 23.3 Å². The maximum atomic E-state index is 12.4. The molecule has 0 fully saturated rings. The van der Waals surface area contributed by atoms with Gasteiger partial charge in [0.05, 0.1) is 19.3 Å². The third kappa shape index (κ3) is 4.06. The highest BCUT2D eigenvalue weighted by Gasteiger charge is 2.31. The Bertz CT molecular complexity index is 552. The molecule has 0 atom stereocenters. The number of esters is 1. The average Bonchev–Trinajstić information content (AvgIpc) is 2.35. The molecule has 0 unspecified atom stereocenters. The molecule has 4 nitrogen and oxygen atoms in total. The van der Waals surface area contributed by atoms with Crippen molar-refractivity contribution in [3.63, 3.8) is 0 Å². The van der Waals surface area contributed by atoms with Crippen molar-refractivity contribution in [2.45, 2.75) is 17.3 Å². The molecule has 0 aliphatic heterocycles. The van der Waals surface area contributed by atoms with Crippen LogP contribution in [0.1, 0.15) is 22.8 Å². The van der Waals surface area contributed by atoms with Crippen molar-refractivity contribution in [2.75, 3.05) is 13.7 Å². The summed E-state index contributed by atoms with van der Waals surface area (Å²) < 4.78 is 46.7. The summed E-state index contributed by atoms with van der Waals surface area (Å²) in [4.78, 5) is 11.4. The lowest BCUT2D eigenvalue weighted by molar-refractivity contribution is -0.0328. The molecule has 0 N–H and O–H groups in total. The lowest BCUT2D eigenvalue weighted by Crippen LogP contribution is -2.09. The zero-order chi connectivity index (χ0) is 15.3. The van der Waals surface area contributed by atoms with Crippen molar-refractivity contribution in [1.82, 2.24) is 0 Å². The fraction of sp³-hybridized carbons (Fsp3) is 0.333. The minimum absolute atomic E-state index is 0.0443. The molecule has 0 aliphatic carbocycles. The highest BCUT2D eigenvalue weighted by Crippen LogP contribution is 2.39. The quantitative estimate of drug-likeness (QED) is 0.630. The van der Waals surface area contributed by atoms with Gasteiger partial charge in [0.2, 0.25) is 0 Å². The molecular formula is C12H10F3NO3S. The first kappa shape index (κ1) is 16.2. The zero-order valence-electron chi connectivity index (χ0n) is 10.6. The molecule has 0 bridgehead atoms. The highest BCUT2D eigenvalue weighted by molar-refractivity contribution is 8.00. The number of carbonyl (C=O) groups is 1. The molecule has 20 heavy (non-hydrogen) atoms. The highest BCUT2D eigenvalue weighted by atomic mass is 32.2. The Morgan fingerprint density at radius 3 is 2.55 bits per heavy atom. The molecule has 1 aromatic carbocycles. The van der Waals surface area contributed by atoms with Crippen LogP contribution in [0.5, 0.6) is 5.75 Å². The van der Waals surface area contributed by atoms with E-state index in [1.165, 1.54) is 7.11 Å². The summed E-state index contributed by atoms with van der Waals surface area (Å²) in [5.41, 5.74) is -4.91. The Kier molecular flexibility index (Phi) is 5.27. The van der Waals surface area contributed by atoms with E-state index >= 15 is 0 Å². The summed E-state index contributed by atoms with van der Waals surface area (Å²) in [5.74, 6) is -0.975. The maximum absolute atomic E-state index is 12.4. The van der Waals surface area contributed by atoms with Gasteiger partial charge in [0.15, 0.2) is 0 Å². The number of rotatable bonds is 4. The summed E-state index contributed by atoms with van der Waals surface area (Å²) in [6.45, 7) is 1.60. The molecule has 0 spiro atoms. The third-order valence-corrected chi connectivity index (χ3v) is 2.84. The van der Waals surface area contributed by atoms with E-state index in [2.05, 4.69) is 0 Å². The molecule has 1 aromatic rings. The smallest absolute Gasteiger partial charge is 0.446 e. The van der Waals surface area contributed by atoms with Crippen LogP contribution in [-0.4, -0.2) is 25.2 Å². The Labute approximate surface area is 117 Å². The van der Waals surface area contributed by atoms with Crippen LogP contribution in [0.2, 0.25) is 0 Å². The Morgan fingerprint density at radius 1 is 1.45 bits per heavy atom. The molecule has 108 valence electrons. The number of hydrogen-bond donors (Lipinski definition) is 0. The van der Waals surface area contributed by atoms with Gasteiger partial charge in [0.1, 0.15) is 17.4 Å². The summed E-state index contributed by atoms with van der Waals surface area (Å²) in [7, 11) is 1.20. The molecule has 0 amide bonds. The van der Waals surface area contributed by atoms with Gasteiger partial charge >= 0.3 is 11.5 Å². The molecule has 1 rings (SSSR count). The van der Waals surface area contributed by atoms with E-state index in [-0.39, 0.29) is 28.4 Å². The first-order valence-electron chi connectivity index (χ1n) is 5.37. The van der Waals surface area contributed by atoms with E-state index < -0.39 is 23.2 Å². The minimum Gasteiger partial charge on any atom is -0.495 e. The number of benzene rings is 1. The normalized spacial score (nSPS) is 10.8. The monoisotopic (exact) mass is 305 g/mol. The van der Waals surface area contributed by atoms with Crippen molar-refractivity contribution < 1.29 is 27.4 Å². The van der Waals surface area contributed by atoms with E-state index in [0.29, 0.717) is 0 Å². The van der Waals surface area contributed by atoms with Gasteiger partial charge in [-0.2, -0.15) is 18.4 Å². The topological polar surface area (TPSA) is 59.3 Å². The first-order valence-corrected chi connectivity index (χ1v) is 6.19. The van der Waals surface area contributed by atoms with Gasteiger partial charge in [-0.1, -0.05) is 0 Å². The molecular weight excluding hydrogens is 295 g/mol. The fourth-order valence-corrected chi connectivity index (χ4v) is 2.04. The number of carbonyl (C=O) groups excluding carboxylic acids is 1. The summed E-state index contributed by atoms with van der Waals surface area (Å²) >= 11 is -0.398. The minimum atomic E-state index is -4.51. The Morgan fingerprint density at radius 2 is 2.10 bits per heavy atom. The molecule has 0 aliphatic rings. The van der Waals surface area contributed by atoms with Crippen LogP contribution < -0.4 is 4.74 Å². The average molecular weight is 305 g/mol. The van der Waals surface area contributed by atoms with Crippen molar-refractivity contribution in [3.8, 4) is 11.8 Å². The SMILES string of the molecule is CCOC(=O)c1cc(SC(F)(F)F)cc(OC)c1C#N. The Hall–Kier alpha value is -1.88. The van der Waals surface area contributed by atoms with Crippen molar-refractivity contribution in [2.24, 2.45) is 0 Å². The zero-order valence-corrected chi connectivity index (χ0v) is 11.4. The van der Waals surface area contributed by atoms with Crippen molar-refractivity contribution in [1.29, 1.82) is 5.26 Å². The number of thioether (sulfide) groups is 1. The molecule has 8 heteroatoms. The second-order valence-electron chi connectivity index (χ2n) is 3.43. The van der Waals surface area contributed by atoms with Gasteiger partial charge in [-0.15, -0.1) is 0 Å².